The van der Waals surface area contributed by atoms with Crippen molar-refractivity contribution in [3.8, 4) is 11.5 Å². The fourth-order valence-electron chi connectivity index (χ4n) is 2.99. The molecule has 0 aromatic heterocycles. The van der Waals surface area contributed by atoms with E-state index in [2.05, 4.69) is 17.6 Å². The number of benzene rings is 2. The van der Waals surface area contributed by atoms with E-state index in [0.717, 1.165) is 24.5 Å². The zero-order valence-electron chi connectivity index (χ0n) is 18.8. The summed E-state index contributed by atoms with van der Waals surface area (Å²) in [5.74, 6) is 1.34. The Kier molecular flexibility index (Phi) is 12.0. The van der Waals surface area contributed by atoms with Gasteiger partial charge in [-0.05, 0) is 49.7 Å². The maximum absolute atomic E-state index is 12.4. The topological polar surface area (TPSA) is 68.8 Å². The van der Waals surface area contributed by atoms with Gasteiger partial charge in [0, 0.05) is 12.3 Å². The lowest BCUT2D eigenvalue weighted by Gasteiger charge is -2.13. The summed E-state index contributed by atoms with van der Waals surface area (Å²) in [4.78, 5) is 12.4. The van der Waals surface area contributed by atoms with Gasteiger partial charge in [-0.1, -0.05) is 44.7 Å². The first-order valence-corrected chi connectivity index (χ1v) is 11.3. The SMILES string of the molecule is CCCCCCCOc1ccc(NCC(=O)Nc2ccccc2OCCOCC)cc1. The van der Waals surface area contributed by atoms with Gasteiger partial charge in [0.25, 0.3) is 0 Å². The highest BCUT2D eigenvalue weighted by Crippen LogP contribution is 2.23. The maximum Gasteiger partial charge on any atom is 0.243 e. The van der Waals surface area contributed by atoms with Crippen LogP contribution in [0.5, 0.6) is 11.5 Å². The normalized spacial score (nSPS) is 10.5. The molecular formula is C25H36N2O4. The molecule has 0 radical (unpaired) electrons. The van der Waals surface area contributed by atoms with Crippen molar-refractivity contribution in [1.29, 1.82) is 0 Å². The van der Waals surface area contributed by atoms with E-state index in [1.165, 1.54) is 25.7 Å². The largest absolute Gasteiger partial charge is 0.494 e. The Balaban J connectivity index is 1.71. The van der Waals surface area contributed by atoms with Crippen LogP contribution in [0.15, 0.2) is 48.5 Å². The molecule has 2 rings (SSSR count). The smallest absolute Gasteiger partial charge is 0.243 e. The van der Waals surface area contributed by atoms with E-state index in [0.29, 0.717) is 31.3 Å². The van der Waals surface area contributed by atoms with Crippen molar-refractivity contribution in [2.45, 2.75) is 46.0 Å². The molecule has 0 aliphatic heterocycles. The molecule has 0 spiro atoms. The van der Waals surface area contributed by atoms with E-state index >= 15 is 0 Å². The van der Waals surface area contributed by atoms with Crippen LogP contribution in [-0.4, -0.2) is 38.9 Å². The van der Waals surface area contributed by atoms with Gasteiger partial charge in [-0.15, -0.1) is 0 Å². The number of nitrogens with one attached hydrogen (secondary N) is 2. The molecule has 2 N–H and O–H groups in total. The van der Waals surface area contributed by atoms with Gasteiger partial charge in [0.15, 0.2) is 0 Å². The van der Waals surface area contributed by atoms with E-state index in [-0.39, 0.29) is 12.5 Å². The minimum absolute atomic E-state index is 0.145. The van der Waals surface area contributed by atoms with Crippen LogP contribution in [0.2, 0.25) is 0 Å². The van der Waals surface area contributed by atoms with E-state index in [4.69, 9.17) is 14.2 Å². The lowest BCUT2D eigenvalue weighted by atomic mass is 10.2. The van der Waals surface area contributed by atoms with Crippen molar-refractivity contribution < 1.29 is 19.0 Å². The predicted molar refractivity (Wildman–Crippen MR) is 126 cm³/mol. The van der Waals surface area contributed by atoms with Crippen LogP contribution in [-0.2, 0) is 9.53 Å². The first kappa shape index (κ1) is 24.5. The number of para-hydroxylation sites is 2. The molecule has 0 aliphatic carbocycles. The summed E-state index contributed by atoms with van der Waals surface area (Å²) in [6.07, 6.45) is 6.11. The number of unbranched alkanes of at least 4 members (excludes halogenated alkanes) is 4. The molecule has 0 saturated carbocycles. The molecule has 0 unspecified atom stereocenters. The van der Waals surface area contributed by atoms with Gasteiger partial charge in [-0.3, -0.25) is 4.79 Å². The average molecular weight is 429 g/mol. The summed E-state index contributed by atoms with van der Waals surface area (Å²) in [5, 5.41) is 6.02. The zero-order valence-corrected chi connectivity index (χ0v) is 18.8. The Morgan fingerprint density at radius 1 is 0.839 bits per heavy atom. The van der Waals surface area contributed by atoms with Crippen molar-refractivity contribution in [3.05, 3.63) is 48.5 Å². The van der Waals surface area contributed by atoms with Crippen molar-refractivity contribution in [2.24, 2.45) is 0 Å². The van der Waals surface area contributed by atoms with E-state index in [1.807, 2.05) is 55.5 Å². The van der Waals surface area contributed by atoms with Crippen LogP contribution in [0.4, 0.5) is 11.4 Å². The average Bonchev–Trinajstić information content (AvgIpc) is 2.79. The van der Waals surface area contributed by atoms with Gasteiger partial charge in [0.2, 0.25) is 5.91 Å². The molecule has 6 heteroatoms. The summed E-state index contributed by atoms with van der Waals surface area (Å²) in [6, 6.07) is 15.1. The summed E-state index contributed by atoms with van der Waals surface area (Å²) in [7, 11) is 0. The van der Waals surface area contributed by atoms with Crippen LogP contribution in [0.1, 0.15) is 46.0 Å². The fraction of sp³-hybridized carbons (Fsp3) is 0.480. The van der Waals surface area contributed by atoms with Gasteiger partial charge >= 0.3 is 0 Å². The third kappa shape index (κ3) is 10.2. The van der Waals surface area contributed by atoms with E-state index in [9.17, 15) is 4.79 Å². The van der Waals surface area contributed by atoms with Crippen LogP contribution < -0.4 is 20.1 Å². The molecular weight excluding hydrogens is 392 g/mol. The minimum atomic E-state index is -0.145. The molecule has 0 aliphatic rings. The number of carbonyl (C=O) groups is 1. The minimum Gasteiger partial charge on any atom is -0.494 e. The molecule has 0 atom stereocenters. The van der Waals surface area contributed by atoms with E-state index in [1.54, 1.807) is 0 Å². The van der Waals surface area contributed by atoms with Gasteiger partial charge in [0.05, 0.1) is 25.4 Å². The Labute approximate surface area is 186 Å². The molecule has 2 aromatic rings. The molecule has 0 bridgehead atoms. The number of anilines is 2. The van der Waals surface area contributed by atoms with Crippen LogP contribution in [0.25, 0.3) is 0 Å². The highest BCUT2D eigenvalue weighted by Gasteiger charge is 2.08. The monoisotopic (exact) mass is 428 g/mol. The number of carbonyl (C=O) groups excluding carboxylic acids is 1. The van der Waals surface area contributed by atoms with Crippen molar-refractivity contribution in [3.63, 3.8) is 0 Å². The van der Waals surface area contributed by atoms with Gasteiger partial charge in [-0.25, -0.2) is 0 Å². The van der Waals surface area contributed by atoms with Crippen LogP contribution in [0.3, 0.4) is 0 Å². The first-order chi connectivity index (χ1) is 15.2. The second kappa shape index (κ2) is 15.1. The second-order valence-corrected chi connectivity index (χ2v) is 7.23. The molecule has 0 saturated heterocycles. The molecule has 6 nitrogen and oxygen atoms in total. The van der Waals surface area contributed by atoms with Crippen molar-refractivity contribution >= 4 is 17.3 Å². The molecule has 1 amide bonds. The Morgan fingerprint density at radius 2 is 1.61 bits per heavy atom. The molecule has 31 heavy (non-hydrogen) atoms. The van der Waals surface area contributed by atoms with Crippen molar-refractivity contribution in [1.82, 2.24) is 0 Å². The Hall–Kier alpha value is -2.73. The molecule has 0 heterocycles. The van der Waals surface area contributed by atoms with E-state index < -0.39 is 0 Å². The zero-order chi connectivity index (χ0) is 22.2. The number of amides is 1. The van der Waals surface area contributed by atoms with Crippen LogP contribution >= 0.6 is 0 Å². The summed E-state index contributed by atoms with van der Waals surface area (Å²) < 4.78 is 16.8. The van der Waals surface area contributed by atoms with Gasteiger partial charge in [0.1, 0.15) is 18.1 Å². The Morgan fingerprint density at radius 3 is 2.39 bits per heavy atom. The number of rotatable bonds is 16. The van der Waals surface area contributed by atoms with Gasteiger partial charge in [-0.2, -0.15) is 0 Å². The highest BCUT2D eigenvalue weighted by atomic mass is 16.5. The lowest BCUT2D eigenvalue weighted by molar-refractivity contribution is -0.114. The number of hydrogen-bond acceptors (Lipinski definition) is 5. The molecule has 2 aromatic carbocycles. The Bertz CT molecular complexity index is 749. The number of ether oxygens (including phenoxy) is 3. The third-order valence-corrected chi connectivity index (χ3v) is 4.67. The highest BCUT2D eigenvalue weighted by molar-refractivity contribution is 5.95. The standard InChI is InChI=1S/C25H36N2O4/c1-3-5-6-7-10-17-30-22-15-13-21(14-16-22)26-20-25(28)27-23-11-8-9-12-24(23)31-19-18-29-4-2/h8-9,11-16,26H,3-7,10,17-20H2,1-2H3,(H,27,28). The van der Waals surface area contributed by atoms with Gasteiger partial charge < -0.3 is 24.8 Å². The molecule has 170 valence electrons. The van der Waals surface area contributed by atoms with Crippen LogP contribution in [0, 0.1) is 0 Å². The van der Waals surface area contributed by atoms with Crippen molar-refractivity contribution in [2.75, 3.05) is 43.6 Å². The summed E-state index contributed by atoms with van der Waals surface area (Å²) in [5.41, 5.74) is 1.51. The maximum atomic E-state index is 12.4. The predicted octanol–water partition coefficient (Wildman–Crippen LogP) is 5.50. The molecule has 0 fully saturated rings. The summed E-state index contributed by atoms with van der Waals surface area (Å²) >= 11 is 0. The summed E-state index contributed by atoms with van der Waals surface area (Å²) in [6.45, 7) is 6.66. The quantitative estimate of drug-likeness (QED) is 0.346. The second-order valence-electron chi connectivity index (χ2n) is 7.23. The first-order valence-electron chi connectivity index (χ1n) is 11.3. The lowest BCUT2D eigenvalue weighted by Crippen LogP contribution is -2.22. The fourth-order valence-corrected chi connectivity index (χ4v) is 2.99. The number of hydrogen-bond donors (Lipinski definition) is 2. The third-order valence-electron chi connectivity index (χ3n) is 4.67.